The first-order chi connectivity index (χ1) is 5.52. The topological polar surface area (TPSA) is 6.48 Å². The lowest BCUT2D eigenvalue weighted by molar-refractivity contribution is 0.284. The van der Waals surface area contributed by atoms with Crippen LogP contribution in [-0.4, -0.2) is 50.6 Å². The van der Waals surface area contributed by atoms with Gasteiger partial charge in [0.05, 0.1) is 0 Å². The molecule has 0 aromatic heterocycles. The molecule has 0 fully saturated rings. The number of nitrogens with zero attached hydrogens (tertiary/aromatic N) is 2. The zero-order valence-electron chi connectivity index (χ0n) is 8.93. The van der Waals surface area contributed by atoms with Crippen molar-refractivity contribution in [3.63, 3.8) is 0 Å². The van der Waals surface area contributed by atoms with E-state index in [1.807, 2.05) is 0 Å². The molecule has 0 spiro atoms. The third-order valence-corrected chi connectivity index (χ3v) is 1.85. The molecule has 2 heteroatoms. The van der Waals surface area contributed by atoms with Crippen molar-refractivity contribution >= 4 is 0 Å². The van der Waals surface area contributed by atoms with Gasteiger partial charge in [0, 0.05) is 19.6 Å². The van der Waals surface area contributed by atoms with E-state index in [4.69, 9.17) is 0 Å². The van der Waals surface area contributed by atoms with E-state index < -0.39 is 0 Å². The molecular formula is C10H22N2. The van der Waals surface area contributed by atoms with Crippen molar-refractivity contribution < 1.29 is 0 Å². The number of likely N-dealkylation sites (N-methyl/N-ethyl adjacent to an activating group) is 2. The third kappa shape index (κ3) is 7.76. The first-order valence-corrected chi connectivity index (χ1v) is 4.50. The maximum atomic E-state index is 3.89. The third-order valence-electron chi connectivity index (χ3n) is 1.85. The van der Waals surface area contributed by atoms with Crippen molar-refractivity contribution in [2.75, 3.05) is 40.8 Å². The molecule has 0 saturated carbocycles. The molecule has 2 nitrogen and oxygen atoms in total. The van der Waals surface area contributed by atoms with E-state index in [9.17, 15) is 0 Å². The van der Waals surface area contributed by atoms with Gasteiger partial charge in [-0.1, -0.05) is 5.57 Å². The largest absolute Gasteiger partial charge is 0.308 e. The van der Waals surface area contributed by atoms with E-state index >= 15 is 0 Å². The highest BCUT2D eigenvalue weighted by Gasteiger charge is 1.98. The molecule has 0 aliphatic heterocycles. The fraction of sp³-hybridized carbons (Fsp3) is 0.800. The standard InChI is InChI=1S/C10H22N2/c1-10(2)6-7-12(5)9-8-11(3)4/h1,6-9H2,2-5H3. The number of rotatable bonds is 6. The minimum absolute atomic E-state index is 1.12. The molecule has 0 amide bonds. The van der Waals surface area contributed by atoms with Crippen LogP contribution in [0.4, 0.5) is 0 Å². The Bertz CT molecular complexity index is 130. The summed E-state index contributed by atoms with van der Waals surface area (Å²) in [4.78, 5) is 4.55. The van der Waals surface area contributed by atoms with Crippen LogP contribution < -0.4 is 0 Å². The van der Waals surface area contributed by atoms with Gasteiger partial charge in [0.2, 0.25) is 0 Å². The first kappa shape index (κ1) is 11.7. The van der Waals surface area contributed by atoms with E-state index in [1.165, 1.54) is 5.57 Å². The van der Waals surface area contributed by atoms with Crippen molar-refractivity contribution in [2.24, 2.45) is 0 Å². The lowest BCUT2D eigenvalue weighted by atomic mass is 10.2. The number of hydrogen-bond donors (Lipinski definition) is 0. The second-order valence-corrected chi connectivity index (χ2v) is 3.81. The monoisotopic (exact) mass is 170 g/mol. The average Bonchev–Trinajstić information content (AvgIpc) is 1.96. The summed E-state index contributed by atoms with van der Waals surface area (Å²) in [6, 6.07) is 0. The molecule has 0 radical (unpaired) electrons. The summed E-state index contributed by atoms with van der Waals surface area (Å²) in [6.07, 6.45) is 1.12. The maximum Gasteiger partial charge on any atom is 0.0106 e. The summed E-state index contributed by atoms with van der Waals surface area (Å²) < 4.78 is 0. The summed E-state index contributed by atoms with van der Waals surface area (Å²) in [7, 11) is 6.37. The fourth-order valence-electron chi connectivity index (χ4n) is 0.864. The van der Waals surface area contributed by atoms with Gasteiger partial charge < -0.3 is 9.80 Å². The number of hydrogen-bond acceptors (Lipinski definition) is 2. The molecule has 0 bridgehead atoms. The highest BCUT2D eigenvalue weighted by molar-refractivity contribution is 4.88. The molecule has 0 saturated heterocycles. The molecule has 0 aromatic rings. The molecule has 0 aliphatic rings. The molecule has 72 valence electrons. The van der Waals surface area contributed by atoms with Crippen LogP contribution in [0.3, 0.4) is 0 Å². The predicted octanol–water partition coefficient (Wildman–Crippen LogP) is 1.45. The Hall–Kier alpha value is -0.340. The first-order valence-electron chi connectivity index (χ1n) is 4.50. The van der Waals surface area contributed by atoms with Crippen LogP contribution in [-0.2, 0) is 0 Å². The van der Waals surface area contributed by atoms with Gasteiger partial charge in [0.25, 0.3) is 0 Å². The summed E-state index contributed by atoms with van der Waals surface area (Å²) in [5, 5.41) is 0. The highest BCUT2D eigenvalue weighted by Crippen LogP contribution is 1.96. The lowest BCUT2D eigenvalue weighted by Gasteiger charge is -2.18. The van der Waals surface area contributed by atoms with Gasteiger partial charge in [-0.05, 0) is 34.5 Å². The smallest absolute Gasteiger partial charge is 0.0106 e. The van der Waals surface area contributed by atoms with Gasteiger partial charge in [-0.25, -0.2) is 0 Å². The highest BCUT2D eigenvalue weighted by atomic mass is 15.1. The van der Waals surface area contributed by atoms with E-state index in [0.29, 0.717) is 0 Å². The van der Waals surface area contributed by atoms with Gasteiger partial charge in [0.15, 0.2) is 0 Å². The van der Waals surface area contributed by atoms with Crippen molar-refractivity contribution in [1.29, 1.82) is 0 Å². The van der Waals surface area contributed by atoms with E-state index in [2.05, 4.69) is 44.4 Å². The second-order valence-electron chi connectivity index (χ2n) is 3.81. The molecule has 0 atom stereocenters. The van der Waals surface area contributed by atoms with Gasteiger partial charge in [-0.2, -0.15) is 0 Å². The normalized spacial score (nSPS) is 11.2. The average molecular weight is 170 g/mol. The van der Waals surface area contributed by atoms with E-state index in [-0.39, 0.29) is 0 Å². The summed E-state index contributed by atoms with van der Waals surface area (Å²) in [6.45, 7) is 9.37. The maximum absolute atomic E-state index is 3.89. The van der Waals surface area contributed by atoms with E-state index in [1.54, 1.807) is 0 Å². The minimum atomic E-state index is 1.12. The van der Waals surface area contributed by atoms with Crippen LogP contribution in [0.15, 0.2) is 12.2 Å². The van der Waals surface area contributed by atoms with Gasteiger partial charge in [-0.15, -0.1) is 6.58 Å². The Morgan fingerprint density at radius 1 is 1.08 bits per heavy atom. The minimum Gasteiger partial charge on any atom is -0.308 e. The summed E-state index contributed by atoms with van der Waals surface area (Å²) in [5.41, 5.74) is 1.27. The lowest BCUT2D eigenvalue weighted by Crippen LogP contribution is -2.29. The molecule has 0 aliphatic carbocycles. The van der Waals surface area contributed by atoms with Crippen LogP contribution in [0.25, 0.3) is 0 Å². The molecular weight excluding hydrogens is 148 g/mol. The van der Waals surface area contributed by atoms with Crippen LogP contribution >= 0.6 is 0 Å². The van der Waals surface area contributed by atoms with Crippen molar-refractivity contribution in [2.45, 2.75) is 13.3 Å². The Morgan fingerprint density at radius 3 is 2.08 bits per heavy atom. The quantitative estimate of drug-likeness (QED) is 0.557. The van der Waals surface area contributed by atoms with Crippen molar-refractivity contribution in [3.05, 3.63) is 12.2 Å². The van der Waals surface area contributed by atoms with Crippen LogP contribution in [0.2, 0.25) is 0 Å². The van der Waals surface area contributed by atoms with Crippen molar-refractivity contribution in [3.8, 4) is 0 Å². The Morgan fingerprint density at radius 2 is 1.67 bits per heavy atom. The molecule has 0 heterocycles. The zero-order valence-corrected chi connectivity index (χ0v) is 8.93. The van der Waals surface area contributed by atoms with Crippen molar-refractivity contribution in [1.82, 2.24) is 9.80 Å². The second kappa shape index (κ2) is 6.21. The molecule has 0 aromatic carbocycles. The van der Waals surface area contributed by atoms with Gasteiger partial charge >= 0.3 is 0 Å². The molecule has 0 rings (SSSR count). The van der Waals surface area contributed by atoms with Gasteiger partial charge in [-0.3, -0.25) is 0 Å². The van der Waals surface area contributed by atoms with Gasteiger partial charge in [0.1, 0.15) is 0 Å². The fourth-order valence-corrected chi connectivity index (χ4v) is 0.864. The summed E-state index contributed by atoms with van der Waals surface area (Å²) in [5.74, 6) is 0. The van der Waals surface area contributed by atoms with Crippen LogP contribution in [0, 0.1) is 0 Å². The zero-order chi connectivity index (χ0) is 9.56. The van der Waals surface area contributed by atoms with Crippen LogP contribution in [0.1, 0.15) is 13.3 Å². The molecule has 12 heavy (non-hydrogen) atoms. The predicted molar refractivity (Wildman–Crippen MR) is 55.5 cm³/mol. The Balaban J connectivity index is 3.33. The Kier molecular flexibility index (Phi) is 6.03. The molecule has 0 N–H and O–H groups in total. The van der Waals surface area contributed by atoms with Crippen LogP contribution in [0.5, 0.6) is 0 Å². The summed E-state index contributed by atoms with van der Waals surface area (Å²) >= 11 is 0. The SMILES string of the molecule is C=C(C)CCN(C)CCN(C)C. The molecule has 0 unspecified atom stereocenters. The van der Waals surface area contributed by atoms with E-state index in [0.717, 1.165) is 26.1 Å². The Labute approximate surface area is 76.9 Å².